The molecule has 3 unspecified atom stereocenters. The van der Waals surface area contributed by atoms with E-state index < -0.39 is 20.0 Å². The van der Waals surface area contributed by atoms with Gasteiger partial charge in [0.15, 0.2) is 0 Å². The molecule has 9 heteroatoms. The number of aliphatic hydroxyl groups is 1. The van der Waals surface area contributed by atoms with Crippen LogP contribution in [0, 0.1) is 0 Å². The summed E-state index contributed by atoms with van der Waals surface area (Å²) in [7, 11) is 1.31. The van der Waals surface area contributed by atoms with E-state index >= 15 is 0 Å². The Morgan fingerprint density at radius 2 is 0.953 bits per heavy atom. The lowest BCUT2D eigenvalue weighted by molar-refractivity contribution is -0.870. The third-order valence-electron chi connectivity index (χ3n) is 12.1. The number of nitrogens with one attached hydrogen (secondary N) is 1. The summed E-state index contributed by atoms with van der Waals surface area (Å²) in [5, 5.41) is 13.9. The van der Waals surface area contributed by atoms with Gasteiger partial charge in [0, 0.05) is 6.42 Å². The number of rotatable bonds is 49. The largest absolute Gasteiger partial charge is 0.756 e. The van der Waals surface area contributed by atoms with Gasteiger partial charge in [-0.3, -0.25) is 9.36 Å². The van der Waals surface area contributed by atoms with Crippen molar-refractivity contribution in [1.82, 2.24) is 5.32 Å². The van der Waals surface area contributed by atoms with E-state index in [4.69, 9.17) is 9.05 Å². The zero-order valence-corrected chi connectivity index (χ0v) is 43.6. The molecule has 2 N–H and O–H groups in total. The Hall–Kier alpha value is -1.54. The molecule has 0 saturated carbocycles. The molecule has 0 aliphatic heterocycles. The van der Waals surface area contributed by atoms with Crippen LogP contribution in [-0.4, -0.2) is 68.5 Å². The predicted molar refractivity (Wildman–Crippen MR) is 274 cm³/mol. The first-order valence-corrected chi connectivity index (χ1v) is 28.4. The number of hydrogen-bond acceptors (Lipinski definition) is 6. The van der Waals surface area contributed by atoms with Gasteiger partial charge in [-0.1, -0.05) is 236 Å². The lowest BCUT2D eigenvalue weighted by Crippen LogP contribution is -2.46. The molecule has 1 amide bonds. The molecule has 0 radical (unpaired) electrons. The molecule has 64 heavy (non-hydrogen) atoms. The average molecular weight is 921 g/mol. The summed E-state index contributed by atoms with van der Waals surface area (Å²) in [5.74, 6) is -0.164. The van der Waals surface area contributed by atoms with Gasteiger partial charge >= 0.3 is 0 Å². The van der Waals surface area contributed by atoms with E-state index in [1.54, 1.807) is 0 Å². The molecule has 0 heterocycles. The van der Waals surface area contributed by atoms with E-state index in [9.17, 15) is 19.4 Å². The van der Waals surface area contributed by atoms with Crippen molar-refractivity contribution in [2.45, 2.75) is 257 Å². The lowest BCUT2D eigenvalue weighted by atomic mass is 10.0. The fraction of sp³-hybridized carbons (Fsp3) is 0.836. The number of carbonyl (C=O) groups excluding carboxylic acids is 1. The van der Waals surface area contributed by atoms with Crippen molar-refractivity contribution in [2.24, 2.45) is 0 Å². The average Bonchev–Trinajstić information content (AvgIpc) is 3.25. The monoisotopic (exact) mass is 921 g/mol. The van der Waals surface area contributed by atoms with E-state index in [0.717, 1.165) is 64.2 Å². The highest BCUT2D eigenvalue weighted by atomic mass is 31.2. The summed E-state index contributed by atoms with van der Waals surface area (Å²) in [6, 6.07) is -0.798. The van der Waals surface area contributed by atoms with Crippen LogP contribution in [0.4, 0.5) is 0 Å². The Morgan fingerprint density at radius 3 is 1.39 bits per heavy atom. The SMILES string of the molecule is CC/C=C\C/C=C\C/C=C\C/C=C\CCCCCCCCCCCCCCCCCCCCC(=O)NC(COP(=O)([O-])OCC[N+](C)(C)C)C(O)CCCCCCCCCCCCC. The quantitative estimate of drug-likeness (QED) is 0.0272. The number of nitrogens with zero attached hydrogens (tertiary/aromatic N) is 1. The van der Waals surface area contributed by atoms with Crippen LogP contribution in [-0.2, 0) is 18.4 Å². The summed E-state index contributed by atoms with van der Waals surface area (Å²) in [6.07, 6.45) is 60.0. The van der Waals surface area contributed by atoms with E-state index in [-0.39, 0.29) is 19.1 Å². The summed E-state index contributed by atoms with van der Waals surface area (Å²) < 4.78 is 23.3. The smallest absolute Gasteiger partial charge is 0.268 e. The van der Waals surface area contributed by atoms with E-state index in [1.807, 2.05) is 21.1 Å². The highest BCUT2D eigenvalue weighted by Crippen LogP contribution is 2.38. The number of amides is 1. The molecule has 0 aromatic carbocycles. The number of hydrogen-bond donors (Lipinski definition) is 2. The summed E-state index contributed by atoms with van der Waals surface area (Å²) in [5.41, 5.74) is 0. The first-order chi connectivity index (χ1) is 31.0. The second kappa shape index (κ2) is 46.6. The van der Waals surface area contributed by atoms with Crippen molar-refractivity contribution in [3.63, 3.8) is 0 Å². The Balaban J connectivity index is 4.00. The molecule has 0 spiro atoms. The van der Waals surface area contributed by atoms with Crippen molar-refractivity contribution in [3.8, 4) is 0 Å². The van der Waals surface area contributed by atoms with Crippen LogP contribution in [0.25, 0.3) is 0 Å². The van der Waals surface area contributed by atoms with Gasteiger partial charge < -0.3 is 28.8 Å². The van der Waals surface area contributed by atoms with Gasteiger partial charge in [-0.25, -0.2) is 0 Å². The Kier molecular flexibility index (Phi) is 45.4. The van der Waals surface area contributed by atoms with Gasteiger partial charge in [-0.2, -0.15) is 0 Å². The van der Waals surface area contributed by atoms with Crippen LogP contribution in [0.15, 0.2) is 48.6 Å². The maximum Gasteiger partial charge on any atom is 0.268 e. The Labute approximate surface area is 397 Å². The number of allylic oxidation sites excluding steroid dienone is 8. The minimum atomic E-state index is -4.56. The lowest BCUT2D eigenvalue weighted by Gasteiger charge is -2.30. The third-order valence-corrected chi connectivity index (χ3v) is 13.0. The number of phosphoric ester groups is 1. The molecular weight excluding hydrogens is 816 g/mol. The van der Waals surface area contributed by atoms with Crippen LogP contribution in [0.1, 0.15) is 245 Å². The van der Waals surface area contributed by atoms with Crippen molar-refractivity contribution in [2.75, 3.05) is 40.9 Å². The van der Waals surface area contributed by atoms with Gasteiger partial charge in [0.25, 0.3) is 7.82 Å². The molecular formula is C55H105N2O6P. The Morgan fingerprint density at radius 1 is 0.562 bits per heavy atom. The number of aliphatic hydroxyl groups excluding tert-OH is 1. The standard InChI is InChI=1S/C55H105N2O6P/c1-6-8-10-12-14-16-18-19-20-21-22-23-24-25-26-27-28-29-30-31-32-33-34-35-36-37-39-41-43-45-47-49-55(59)56-53(52-63-64(60,61)62-51-50-57(3,4)5)54(58)48-46-44-42-40-38-17-15-13-11-9-7-2/h8,10,14,16,19-20,22-23,53-54,58H,6-7,9,11-13,15,17-18,21,24-52H2,1-5H3,(H-,56,59,60,61)/b10-8-,16-14-,20-19-,23-22-. The second-order valence-corrected chi connectivity index (χ2v) is 21.0. The summed E-state index contributed by atoms with van der Waals surface area (Å²) in [6.45, 7) is 4.61. The number of carbonyl (C=O) groups is 1. The van der Waals surface area contributed by atoms with E-state index in [1.165, 1.54) is 154 Å². The molecule has 0 aromatic rings. The van der Waals surface area contributed by atoms with E-state index in [2.05, 4.69) is 67.8 Å². The van der Waals surface area contributed by atoms with Crippen LogP contribution in [0.5, 0.6) is 0 Å². The molecule has 0 fully saturated rings. The molecule has 376 valence electrons. The number of likely N-dealkylation sites (N-methyl/N-ethyl adjacent to an activating group) is 1. The highest BCUT2D eigenvalue weighted by molar-refractivity contribution is 7.45. The minimum absolute atomic E-state index is 0.0126. The molecule has 0 rings (SSSR count). The third kappa shape index (κ3) is 48.4. The van der Waals surface area contributed by atoms with Crippen LogP contribution < -0.4 is 10.2 Å². The zero-order chi connectivity index (χ0) is 47.1. The maximum atomic E-state index is 12.9. The van der Waals surface area contributed by atoms with Crippen molar-refractivity contribution >= 4 is 13.7 Å². The summed E-state index contributed by atoms with van der Waals surface area (Å²) in [4.78, 5) is 25.4. The normalized spacial score (nSPS) is 14.4. The first kappa shape index (κ1) is 62.5. The van der Waals surface area contributed by atoms with Crippen LogP contribution in [0.2, 0.25) is 0 Å². The second-order valence-electron chi connectivity index (χ2n) is 19.6. The van der Waals surface area contributed by atoms with Crippen molar-refractivity contribution in [1.29, 1.82) is 0 Å². The fourth-order valence-electron chi connectivity index (χ4n) is 7.86. The minimum Gasteiger partial charge on any atom is -0.756 e. The first-order valence-electron chi connectivity index (χ1n) is 27.0. The zero-order valence-electron chi connectivity index (χ0n) is 42.7. The van der Waals surface area contributed by atoms with Crippen LogP contribution in [0.3, 0.4) is 0 Å². The van der Waals surface area contributed by atoms with Gasteiger partial charge in [0.2, 0.25) is 5.91 Å². The Bertz CT molecular complexity index is 1180. The molecule has 0 aromatic heterocycles. The van der Waals surface area contributed by atoms with Crippen molar-refractivity contribution < 1.29 is 32.9 Å². The summed E-state index contributed by atoms with van der Waals surface area (Å²) >= 11 is 0. The molecule has 0 aliphatic carbocycles. The van der Waals surface area contributed by atoms with Gasteiger partial charge in [0.1, 0.15) is 13.2 Å². The van der Waals surface area contributed by atoms with Crippen LogP contribution >= 0.6 is 7.82 Å². The predicted octanol–water partition coefficient (Wildman–Crippen LogP) is 15.3. The molecule has 8 nitrogen and oxygen atoms in total. The number of unbranched alkanes of at least 4 members (excludes halogenated alkanes) is 28. The molecule has 0 bridgehead atoms. The fourth-order valence-corrected chi connectivity index (χ4v) is 8.58. The van der Waals surface area contributed by atoms with Gasteiger partial charge in [-0.05, 0) is 51.4 Å². The molecule has 0 saturated heterocycles. The van der Waals surface area contributed by atoms with E-state index in [0.29, 0.717) is 23.9 Å². The van der Waals surface area contributed by atoms with Crippen molar-refractivity contribution in [3.05, 3.63) is 48.6 Å². The maximum absolute atomic E-state index is 12.9. The number of quaternary nitrogens is 1. The number of phosphoric acid groups is 1. The molecule has 3 atom stereocenters. The van der Waals surface area contributed by atoms with Gasteiger partial charge in [0.05, 0.1) is 39.9 Å². The highest BCUT2D eigenvalue weighted by Gasteiger charge is 2.24. The topological polar surface area (TPSA) is 108 Å². The van der Waals surface area contributed by atoms with Gasteiger partial charge in [-0.15, -0.1) is 0 Å². The molecule has 0 aliphatic rings.